The first-order valence-electron chi connectivity index (χ1n) is 8.42. The summed E-state index contributed by atoms with van der Waals surface area (Å²) in [7, 11) is 1.68. The van der Waals surface area contributed by atoms with Gasteiger partial charge in [0.25, 0.3) is 0 Å². The van der Waals surface area contributed by atoms with Gasteiger partial charge in [0.1, 0.15) is 5.75 Å². The highest BCUT2D eigenvalue weighted by Gasteiger charge is 2.45. The molecule has 3 atom stereocenters. The van der Waals surface area contributed by atoms with E-state index in [2.05, 4.69) is 47.4 Å². The summed E-state index contributed by atoms with van der Waals surface area (Å²) >= 11 is 0. The summed E-state index contributed by atoms with van der Waals surface area (Å²) < 4.78 is 5.26. The van der Waals surface area contributed by atoms with Gasteiger partial charge in [0, 0.05) is 18.5 Å². The number of ether oxygens (including phenoxy) is 1. The van der Waals surface area contributed by atoms with Crippen molar-refractivity contribution in [2.24, 2.45) is 0 Å². The second-order valence-corrected chi connectivity index (χ2v) is 6.54. The van der Waals surface area contributed by atoms with Crippen molar-refractivity contribution < 1.29 is 9.53 Å². The van der Waals surface area contributed by atoms with Crippen LogP contribution in [0.2, 0.25) is 0 Å². The third-order valence-electron chi connectivity index (χ3n) is 5.21. The second kappa shape index (κ2) is 6.25. The lowest BCUT2D eigenvalue weighted by Crippen LogP contribution is -2.42. The van der Waals surface area contributed by atoms with Crippen LogP contribution in [0, 0.1) is 0 Å². The summed E-state index contributed by atoms with van der Waals surface area (Å²) in [5.74, 6) is 1.46. The van der Waals surface area contributed by atoms with Gasteiger partial charge < -0.3 is 4.74 Å². The monoisotopic (exact) mass is 319 g/mol. The summed E-state index contributed by atoms with van der Waals surface area (Å²) in [6.45, 7) is 0.818. The Morgan fingerprint density at radius 2 is 1.83 bits per heavy atom. The molecule has 0 N–H and O–H groups in total. The lowest BCUT2D eigenvalue weighted by molar-refractivity contribution is -0.119. The van der Waals surface area contributed by atoms with Crippen molar-refractivity contribution in [3.63, 3.8) is 0 Å². The van der Waals surface area contributed by atoms with Crippen molar-refractivity contribution in [1.82, 2.24) is 4.90 Å². The summed E-state index contributed by atoms with van der Waals surface area (Å²) in [6.07, 6.45) is 4.75. The molecule has 0 aliphatic carbocycles. The van der Waals surface area contributed by atoms with Crippen LogP contribution in [0.15, 0.2) is 66.7 Å². The van der Waals surface area contributed by atoms with E-state index in [0.29, 0.717) is 5.92 Å². The number of nitrogens with zero attached hydrogens (tertiary/aromatic N) is 1. The molecule has 122 valence electrons. The molecule has 3 heteroatoms. The van der Waals surface area contributed by atoms with E-state index in [-0.39, 0.29) is 17.9 Å². The van der Waals surface area contributed by atoms with Gasteiger partial charge in [-0.15, -0.1) is 0 Å². The minimum absolute atomic E-state index is 0.00712. The molecule has 0 saturated carbocycles. The van der Waals surface area contributed by atoms with Gasteiger partial charge in [0.15, 0.2) is 5.78 Å². The molecule has 3 unspecified atom stereocenters. The normalized spacial score (nSPS) is 25.9. The van der Waals surface area contributed by atoms with Gasteiger partial charge in [-0.25, -0.2) is 0 Å². The predicted octanol–water partition coefficient (Wildman–Crippen LogP) is 3.56. The van der Waals surface area contributed by atoms with Crippen molar-refractivity contribution in [3.8, 4) is 5.75 Å². The number of ketones is 1. The summed E-state index contributed by atoms with van der Waals surface area (Å²) in [6, 6.07) is 18.9. The van der Waals surface area contributed by atoms with E-state index in [1.165, 1.54) is 11.1 Å². The van der Waals surface area contributed by atoms with Gasteiger partial charge >= 0.3 is 0 Å². The van der Waals surface area contributed by atoms with Crippen molar-refractivity contribution in [1.29, 1.82) is 0 Å². The van der Waals surface area contributed by atoms with Crippen molar-refractivity contribution >= 4 is 5.78 Å². The Balaban J connectivity index is 1.62. The molecule has 2 aliphatic rings. The standard InChI is InChI=1S/C21H21NO2/c1-24-17-9-7-16(8-10-17)18-13-20-21(23)12-11-19(18)22(20)14-15-5-3-2-4-6-15/h2-12,18-20H,13-14H2,1H3. The smallest absolute Gasteiger partial charge is 0.172 e. The van der Waals surface area contributed by atoms with E-state index in [1.54, 1.807) is 13.2 Å². The number of hydrogen-bond donors (Lipinski definition) is 0. The number of methoxy groups -OCH3 is 1. The van der Waals surface area contributed by atoms with Crippen LogP contribution in [0.4, 0.5) is 0 Å². The Bertz CT molecular complexity index is 751. The van der Waals surface area contributed by atoms with Crippen LogP contribution in [0.1, 0.15) is 23.5 Å². The molecule has 24 heavy (non-hydrogen) atoms. The van der Waals surface area contributed by atoms with Crippen LogP contribution in [0.25, 0.3) is 0 Å². The van der Waals surface area contributed by atoms with Crippen LogP contribution in [0.3, 0.4) is 0 Å². The Morgan fingerprint density at radius 3 is 2.54 bits per heavy atom. The summed E-state index contributed by atoms with van der Waals surface area (Å²) in [5, 5.41) is 0. The van der Waals surface area contributed by atoms with E-state index >= 15 is 0 Å². The summed E-state index contributed by atoms with van der Waals surface area (Å²) in [4.78, 5) is 14.7. The molecule has 3 nitrogen and oxygen atoms in total. The van der Waals surface area contributed by atoms with E-state index in [0.717, 1.165) is 18.7 Å². The quantitative estimate of drug-likeness (QED) is 0.863. The van der Waals surface area contributed by atoms with Gasteiger partial charge in [-0.2, -0.15) is 0 Å². The Labute approximate surface area is 142 Å². The molecular weight excluding hydrogens is 298 g/mol. The largest absolute Gasteiger partial charge is 0.497 e. The zero-order valence-electron chi connectivity index (χ0n) is 13.8. The lowest BCUT2D eigenvalue weighted by atomic mass is 9.91. The summed E-state index contributed by atoms with van der Waals surface area (Å²) in [5.41, 5.74) is 2.53. The Kier molecular flexibility index (Phi) is 3.95. The lowest BCUT2D eigenvalue weighted by Gasteiger charge is -2.31. The molecule has 4 rings (SSSR count). The highest BCUT2D eigenvalue weighted by molar-refractivity contribution is 5.96. The van der Waals surface area contributed by atoms with Gasteiger partial charge in [-0.05, 0) is 35.8 Å². The van der Waals surface area contributed by atoms with E-state index in [4.69, 9.17) is 4.74 Å². The third-order valence-corrected chi connectivity index (χ3v) is 5.21. The van der Waals surface area contributed by atoms with Crippen LogP contribution in [0.5, 0.6) is 5.75 Å². The van der Waals surface area contributed by atoms with Crippen LogP contribution in [-0.2, 0) is 11.3 Å². The van der Waals surface area contributed by atoms with Gasteiger partial charge in [-0.3, -0.25) is 9.69 Å². The fraction of sp³-hybridized carbons (Fsp3) is 0.286. The molecule has 2 aromatic rings. The molecule has 2 heterocycles. The maximum atomic E-state index is 12.4. The SMILES string of the molecule is COc1ccc(C2CC3C(=O)C=CC2N3Cc2ccccc2)cc1. The van der Waals surface area contributed by atoms with Crippen molar-refractivity contribution in [2.45, 2.75) is 31.0 Å². The molecule has 2 bridgehead atoms. The fourth-order valence-corrected chi connectivity index (χ4v) is 3.98. The van der Waals surface area contributed by atoms with E-state index in [1.807, 2.05) is 18.2 Å². The molecule has 2 aromatic carbocycles. The molecule has 0 radical (unpaired) electrons. The zero-order chi connectivity index (χ0) is 16.5. The number of carbonyl (C=O) groups excluding carboxylic acids is 1. The first kappa shape index (κ1) is 15.2. The predicted molar refractivity (Wildman–Crippen MR) is 94.1 cm³/mol. The van der Waals surface area contributed by atoms with Crippen LogP contribution in [-0.4, -0.2) is 29.9 Å². The molecule has 0 aromatic heterocycles. The molecule has 1 saturated heterocycles. The minimum Gasteiger partial charge on any atom is -0.497 e. The highest BCUT2D eigenvalue weighted by atomic mass is 16.5. The van der Waals surface area contributed by atoms with Crippen LogP contribution >= 0.6 is 0 Å². The second-order valence-electron chi connectivity index (χ2n) is 6.54. The first-order chi connectivity index (χ1) is 11.8. The maximum absolute atomic E-state index is 12.4. The minimum atomic E-state index is -0.00712. The average molecular weight is 319 g/mol. The van der Waals surface area contributed by atoms with E-state index < -0.39 is 0 Å². The van der Waals surface area contributed by atoms with E-state index in [9.17, 15) is 4.79 Å². The Hall–Kier alpha value is -2.39. The van der Waals surface area contributed by atoms with Crippen LogP contribution < -0.4 is 4.74 Å². The van der Waals surface area contributed by atoms with Crippen molar-refractivity contribution in [2.75, 3.05) is 7.11 Å². The number of fused-ring (bicyclic) bond motifs is 2. The molecule has 0 spiro atoms. The number of rotatable bonds is 4. The van der Waals surface area contributed by atoms with Gasteiger partial charge in [0.2, 0.25) is 0 Å². The first-order valence-corrected chi connectivity index (χ1v) is 8.42. The number of benzene rings is 2. The molecule has 0 amide bonds. The number of hydrogen-bond acceptors (Lipinski definition) is 3. The van der Waals surface area contributed by atoms with Gasteiger partial charge in [0.05, 0.1) is 13.2 Å². The molecule has 2 aliphatic heterocycles. The Morgan fingerprint density at radius 1 is 1.08 bits per heavy atom. The highest BCUT2D eigenvalue weighted by Crippen LogP contribution is 2.42. The fourth-order valence-electron chi connectivity index (χ4n) is 3.98. The third kappa shape index (κ3) is 2.65. The average Bonchev–Trinajstić information content (AvgIpc) is 2.89. The maximum Gasteiger partial charge on any atom is 0.172 e. The topological polar surface area (TPSA) is 29.5 Å². The zero-order valence-corrected chi connectivity index (χ0v) is 13.8. The molecule has 1 fully saturated rings. The molecular formula is C21H21NO2. The number of carbonyl (C=O) groups is 1. The van der Waals surface area contributed by atoms with Crippen molar-refractivity contribution in [3.05, 3.63) is 77.9 Å². The van der Waals surface area contributed by atoms with Gasteiger partial charge in [-0.1, -0.05) is 48.5 Å².